The second kappa shape index (κ2) is 5.54. The van der Waals surface area contributed by atoms with Crippen molar-refractivity contribution in [3.05, 3.63) is 40.7 Å². The van der Waals surface area contributed by atoms with Crippen LogP contribution >= 0.6 is 10.7 Å². The lowest BCUT2D eigenvalue weighted by molar-refractivity contribution is -0.386. The zero-order valence-electron chi connectivity index (χ0n) is 9.67. The molecule has 6 nitrogen and oxygen atoms in total. The Hall–Kier alpha value is -1.67. The van der Waals surface area contributed by atoms with Crippen LogP contribution in [0.4, 0.5) is 10.1 Å². The first-order valence-electron chi connectivity index (χ1n) is 4.88. The Morgan fingerprint density at radius 1 is 1.58 bits per heavy atom. The van der Waals surface area contributed by atoms with Crippen LogP contribution in [0.1, 0.15) is 6.92 Å². The highest BCUT2D eigenvalue weighted by atomic mass is 35.7. The molecular formula is C10H9ClFNO5S. The molecule has 0 aliphatic heterocycles. The fourth-order valence-corrected chi connectivity index (χ4v) is 2.10. The van der Waals surface area contributed by atoms with Crippen molar-refractivity contribution in [2.45, 2.75) is 17.9 Å². The molecule has 0 N–H and O–H groups in total. The van der Waals surface area contributed by atoms with Gasteiger partial charge in [0.25, 0.3) is 9.05 Å². The van der Waals surface area contributed by atoms with Crippen LogP contribution < -0.4 is 4.74 Å². The molecule has 19 heavy (non-hydrogen) atoms. The number of nitrogens with zero attached hydrogens (tertiary/aromatic N) is 1. The Bertz CT molecular complexity index is 631. The van der Waals surface area contributed by atoms with Crippen molar-refractivity contribution < 1.29 is 22.5 Å². The number of halogens is 2. The van der Waals surface area contributed by atoms with E-state index in [-0.39, 0.29) is 0 Å². The van der Waals surface area contributed by atoms with Crippen LogP contribution in [0.5, 0.6) is 5.75 Å². The molecule has 1 atom stereocenters. The number of hydrogen-bond acceptors (Lipinski definition) is 5. The summed E-state index contributed by atoms with van der Waals surface area (Å²) >= 11 is 0. The quantitative estimate of drug-likeness (QED) is 0.361. The number of rotatable bonds is 5. The lowest BCUT2D eigenvalue weighted by atomic mass is 10.2. The first kappa shape index (κ1) is 15.4. The van der Waals surface area contributed by atoms with Crippen LogP contribution in [0, 0.1) is 15.9 Å². The minimum Gasteiger partial charge on any atom is -0.480 e. The summed E-state index contributed by atoms with van der Waals surface area (Å²) in [6, 6.07) is 1.12. The first-order valence-corrected chi connectivity index (χ1v) is 7.19. The van der Waals surface area contributed by atoms with Crippen LogP contribution in [0.3, 0.4) is 0 Å². The van der Waals surface area contributed by atoms with E-state index in [1.165, 1.54) is 13.0 Å². The van der Waals surface area contributed by atoms with Gasteiger partial charge in [0.1, 0.15) is 16.8 Å². The largest absolute Gasteiger partial charge is 0.480 e. The van der Waals surface area contributed by atoms with E-state index in [4.69, 9.17) is 15.4 Å². The molecule has 1 aromatic rings. The Kier molecular flexibility index (Phi) is 4.48. The molecule has 0 aliphatic carbocycles. The number of ether oxygens (including phenoxy) is 1. The van der Waals surface area contributed by atoms with E-state index in [1.807, 2.05) is 0 Å². The van der Waals surface area contributed by atoms with Crippen molar-refractivity contribution in [2.75, 3.05) is 0 Å². The highest BCUT2D eigenvalue weighted by Crippen LogP contribution is 2.33. The summed E-state index contributed by atoms with van der Waals surface area (Å²) in [7, 11) is 0.555. The van der Waals surface area contributed by atoms with Gasteiger partial charge in [0, 0.05) is 22.8 Å². The van der Waals surface area contributed by atoms with Gasteiger partial charge in [0.05, 0.1) is 4.92 Å². The lowest BCUT2D eigenvalue weighted by Gasteiger charge is -2.11. The highest BCUT2D eigenvalue weighted by Gasteiger charge is 2.26. The average molecular weight is 310 g/mol. The van der Waals surface area contributed by atoms with Gasteiger partial charge in [0.15, 0.2) is 0 Å². The summed E-state index contributed by atoms with van der Waals surface area (Å²) in [6.45, 7) is 4.93. The SMILES string of the molecule is C=CC(C)Oc1cc(F)c(S(=O)(=O)Cl)cc1[N+](=O)[O-]. The number of nitro benzene ring substituents is 1. The second-order valence-corrected chi connectivity index (χ2v) is 6.04. The maximum Gasteiger partial charge on any atom is 0.312 e. The van der Waals surface area contributed by atoms with E-state index >= 15 is 0 Å². The molecule has 9 heteroatoms. The average Bonchev–Trinajstić information content (AvgIpc) is 2.26. The van der Waals surface area contributed by atoms with Gasteiger partial charge in [0.2, 0.25) is 5.75 Å². The van der Waals surface area contributed by atoms with Crippen LogP contribution in [0.25, 0.3) is 0 Å². The first-order chi connectivity index (χ1) is 8.66. The third-order valence-corrected chi connectivity index (χ3v) is 3.45. The predicted molar refractivity (Wildman–Crippen MR) is 66.4 cm³/mol. The molecule has 0 heterocycles. The molecule has 0 spiro atoms. The van der Waals surface area contributed by atoms with Gasteiger partial charge in [-0.05, 0) is 6.92 Å². The van der Waals surface area contributed by atoms with E-state index in [1.54, 1.807) is 0 Å². The number of nitro groups is 1. The second-order valence-electron chi connectivity index (χ2n) is 3.50. The summed E-state index contributed by atoms with van der Waals surface area (Å²) in [5.74, 6) is -1.63. The zero-order chi connectivity index (χ0) is 14.8. The molecule has 0 fully saturated rings. The minimum atomic E-state index is -4.42. The molecule has 0 amide bonds. The highest BCUT2D eigenvalue weighted by molar-refractivity contribution is 8.13. The molecule has 0 radical (unpaired) electrons. The summed E-state index contributed by atoms with van der Waals surface area (Å²) in [4.78, 5) is 8.96. The fraction of sp³-hybridized carbons (Fsp3) is 0.200. The molecular weight excluding hydrogens is 301 g/mol. The van der Waals surface area contributed by atoms with E-state index < -0.39 is 42.2 Å². The Morgan fingerprint density at radius 3 is 2.58 bits per heavy atom. The van der Waals surface area contributed by atoms with Gasteiger partial charge >= 0.3 is 5.69 Å². The van der Waals surface area contributed by atoms with Crippen molar-refractivity contribution in [3.8, 4) is 5.75 Å². The van der Waals surface area contributed by atoms with Crippen molar-refractivity contribution in [3.63, 3.8) is 0 Å². The van der Waals surface area contributed by atoms with Crippen molar-refractivity contribution in [2.24, 2.45) is 0 Å². The molecule has 0 bridgehead atoms. The maximum atomic E-state index is 13.6. The normalized spacial score (nSPS) is 12.8. The van der Waals surface area contributed by atoms with Crippen molar-refractivity contribution in [1.29, 1.82) is 0 Å². The maximum absolute atomic E-state index is 13.6. The molecule has 1 aromatic carbocycles. The summed E-state index contributed by atoms with van der Waals surface area (Å²) in [6.07, 6.45) is 0.727. The van der Waals surface area contributed by atoms with Gasteiger partial charge in [-0.3, -0.25) is 10.1 Å². The minimum absolute atomic E-state index is 0.404. The molecule has 0 aromatic heterocycles. The van der Waals surface area contributed by atoms with Crippen molar-refractivity contribution >= 4 is 25.4 Å². The van der Waals surface area contributed by atoms with Crippen LogP contribution in [0.2, 0.25) is 0 Å². The third kappa shape index (κ3) is 3.65. The smallest absolute Gasteiger partial charge is 0.312 e. The Balaban J connectivity index is 3.46. The Labute approximate surface area is 113 Å². The van der Waals surface area contributed by atoms with Crippen LogP contribution in [-0.4, -0.2) is 19.4 Å². The monoisotopic (exact) mass is 309 g/mol. The fourth-order valence-electron chi connectivity index (χ4n) is 1.20. The molecule has 104 valence electrons. The van der Waals surface area contributed by atoms with Crippen LogP contribution in [0.15, 0.2) is 29.7 Å². The predicted octanol–water partition coefficient (Wildman–Crippen LogP) is 2.61. The third-order valence-electron chi connectivity index (χ3n) is 2.12. The van der Waals surface area contributed by atoms with Crippen molar-refractivity contribution in [1.82, 2.24) is 0 Å². The van der Waals surface area contributed by atoms with Gasteiger partial charge in [-0.15, -0.1) is 0 Å². The van der Waals surface area contributed by atoms with E-state index in [2.05, 4.69) is 6.58 Å². The van der Waals surface area contributed by atoms with Gasteiger partial charge < -0.3 is 4.74 Å². The van der Waals surface area contributed by atoms with Gasteiger partial charge in [-0.1, -0.05) is 12.7 Å². The lowest BCUT2D eigenvalue weighted by Crippen LogP contribution is -2.10. The summed E-state index contributed by atoms with van der Waals surface area (Å²) in [5, 5.41) is 10.8. The number of benzene rings is 1. The zero-order valence-corrected chi connectivity index (χ0v) is 11.2. The van der Waals surface area contributed by atoms with Gasteiger partial charge in [-0.25, -0.2) is 12.8 Å². The molecule has 0 saturated heterocycles. The molecule has 1 rings (SSSR count). The van der Waals surface area contributed by atoms with E-state index in [0.29, 0.717) is 12.1 Å². The van der Waals surface area contributed by atoms with E-state index in [9.17, 15) is 22.9 Å². The molecule has 0 aliphatic rings. The van der Waals surface area contributed by atoms with Crippen LogP contribution in [-0.2, 0) is 9.05 Å². The molecule has 0 saturated carbocycles. The Morgan fingerprint density at radius 2 is 2.16 bits per heavy atom. The van der Waals surface area contributed by atoms with E-state index in [0.717, 1.165) is 0 Å². The van der Waals surface area contributed by atoms with Gasteiger partial charge in [-0.2, -0.15) is 0 Å². The molecule has 1 unspecified atom stereocenters. The topological polar surface area (TPSA) is 86.5 Å². The summed E-state index contributed by atoms with van der Waals surface area (Å²) in [5.41, 5.74) is -0.700. The standard InChI is InChI=1S/C10H9ClFNO5S/c1-3-6(2)18-9-4-7(12)10(19(11,16)17)5-8(9)13(14)15/h3-6H,1H2,2H3. The summed E-state index contributed by atoms with van der Waals surface area (Å²) < 4.78 is 40.7. The number of hydrogen-bond donors (Lipinski definition) is 0.